The molecular formula is C10H12BrN3O4. The number of rotatable bonds is 6. The monoisotopic (exact) mass is 317 g/mol. The Balaban J connectivity index is 2.74. The van der Waals surface area contributed by atoms with E-state index in [2.05, 4.69) is 26.2 Å². The Morgan fingerprint density at radius 2 is 2.39 bits per heavy atom. The summed E-state index contributed by atoms with van der Waals surface area (Å²) in [6, 6.07) is 1.32. The lowest BCUT2D eigenvalue weighted by Gasteiger charge is -2.12. The van der Waals surface area contributed by atoms with Crippen LogP contribution in [0.5, 0.6) is 0 Å². The number of carboxylic acid groups (broad SMARTS) is 1. The second-order valence-corrected chi connectivity index (χ2v) is 4.46. The van der Waals surface area contributed by atoms with Crippen LogP contribution in [-0.4, -0.2) is 27.5 Å². The zero-order valence-electron chi connectivity index (χ0n) is 9.59. The number of aliphatic carboxylic acids is 1. The van der Waals surface area contributed by atoms with E-state index in [0.29, 0.717) is 16.7 Å². The predicted octanol–water partition coefficient (Wildman–Crippen LogP) is 2.27. The fraction of sp³-hybridized carbons (Fsp3) is 0.400. The highest BCUT2D eigenvalue weighted by Crippen LogP contribution is 2.24. The Kier molecular flexibility index (Phi) is 5.02. The van der Waals surface area contributed by atoms with Crippen LogP contribution in [-0.2, 0) is 4.79 Å². The maximum atomic E-state index is 10.8. The molecule has 8 heteroatoms. The van der Waals surface area contributed by atoms with Gasteiger partial charge in [0.05, 0.1) is 15.3 Å². The standard InChI is InChI=1S/C10H12BrN3O4/c1-2-6(10(15)16)4-12-9-8(11)3-7(5-13-9)14(17)18/h3,5-6H,2,4H2,1H3,(H,12,13)(H,15,16). The van der Waals surface area contributed by atoms with Gasteiger partial charge in [0.2, 0.25) is 0 Å². The van der Waals surface area contributed by atoms with Crippen LogP contribution in [0.4, 0.5) is 11.5 Å². The number of nitrogens with zero attached hydrogens (tertiary/aromatic N) is 2. The molecule has 0 saturated heterocycles. The van der Waals surface area contributed by atoms with Crippen molar-refractivity contribution in [1.29, 1.82) is 0 Å². The smallest absolute Gasteiger partial charge is 0.308 e. The first-order valence-electron chi connectivity index (χ1n) is 5.22. The summed E-state index contributed by atoms with van der Waals surface area (Å²) in [5, 5.41) is 22.2. The molecule has 1 aromatic rings. The molecule has 0 saturated carbocycles. The minimum atomic E-state index is -0.886. The highest BCUT2D eigenvalue weighted by Gasteiger charge is 2.16. The van der Waals surface area contributed by atoms with Crippen LogP contribution < -0.4 is 5.32 Å². The molecule has 0 bridgehead atoms. The molecule has 98 valence electrons. The predicted molar refractivity (Wildman–Crippen MR) is 68.5 cm³/mol. The van der Waals surface area contributed by atoms with Crippen LogP contribution >= 0.6 is 15.9 Å². The van der Waals surface area contributed by atoms with Gasteiger partial charge in [-0.2, -0.15) is 0 Å². The third kappa shape index (κ3) is 3.66. The lowest BCUT2D eigenvalue weighted by atomic mass is 10.1. The quantitative estimate of drug-likeness (QED) is 0.616. The number of nitrogens with one attached hydrogen (secondary N) is 1. The van der Waals surface area contributed by atoms with Gasteiger partial charge in [0.1, 0.15) is 12.0 Å². The third-order valence-electron chi connectivity index (χ3n) is 2.40. The van der Waals surface area contributed by atoms with Crippen LogP contribution in [0.25, 0.3) is 0 Å². The van der Waals surface area contributed by atoms with Gasteiger partial charge in [-0.25, -0.2) is 4.98 Å². The number of aromatic nitrogens is 1. The normalized spacial score (nSPS) is 11.9. The van der Waals surface area contributed by atoms with E-state index in [9.17, 15) is 14.9 Å². The van der Waals surface area contributed by atoms with Crippen molar-refractivity contribution in [2.45, 2.75) is 13.3 Å². The van der Waals surface area contributed by atoms with Gasteiger partial charge in [0.25, 0.3) is 5.69 Å². The van der Waals surface area contributed by atoms with Crippen molar-refractivity contribution in [2.75, 3.05) is 11.9 Å². The molecule has 2 N–H and O–H groups in total. The van der Waals surface area contributed by atoms with Gasteiger partial charge in [-0.15, -0.1) is 0 Å². The zero-order chi connectivity index (χ0) is 13.7. The highest BCUT2D eigenvalue weighted by molar-refractivity contribution is 9.10. The maximum absolute atomic E-state index is 10.8. The van der Waals surface area contributed by atoms with Crippen molar-refractivity contribution in [3.8, 4) is 0 Å². The summed E-state index contributed by atoms with van der Waals surface area (Å²) in [6.07, 6.45) is 1.61. The van der Waals surface area contributed by atoms with Crippen LogP contribution in [0, 0.1) is 16.0 Å². The molecule has 7 nitrogen and oxygen atoms in total. The summed E-state index contributed by atoms with van der Waals surface area (Å²) in [5.74, 6) is -1.02. The lowest BCUT2D eigenvalue weighted by Crippen LogP contribution is -2.22. The van der Waals surface area contributed by atoms with Crippen molar-refractivity contribution in [2.24, 2.45) is 5.92 Å². The minimum absolute atomic E-state index is 0.127. The van der Waals surface area contributed by atoms with Crippen LogP contribution in [0.2, 0.25) is 0 Å². The van der Waals surface area contributed by atoms with E-state index in [1.807, 2.05) is 0 Å². The van der Waals surface area contributed by atoms with Gasteiger partial charge in [-0.05, 0) is 22.4 Å². The molecule has 0 radical (unpaired) electrons. The SMILES string of the molecule is CCC(CNc1ncc([N+](=O)[O-])cc1Br)C(=O)O. The first kappa shape index (κ1) is 14.4. The van der Waals surface area contributed by atoms with Crippen molar-refractivity contribution >= 4 is 33.4 Å². The van der Waals surface area contributed by atoms with Crippen molar-refractivity contribution < 1.29 is 14.8 Å². The van der Waals surface area contributed by atoms with Gasteiger partial charge < -0.3 is 10.4 Å². The zero-order valence-corrected chi connectivity index (χ0v) is 11.2. The molecule has 1 heterocycles. The van der Waals surface area contributed by atoms with Crippen molar-refractivity contribution in [1.82, 2.24) is 4.98 Å². The average molecular weight is 318 g/mol. The molecule has 0 amide bonds. The van der Waals surface area contributed by atoms with E-state index >= 15 is 0 Å². The number of carbonyl (C=O) groups is 1. The van der Waals surface area contributed by atoms with Crippen LogP contribution in [0.1, 0.15) is 13.3 Å². The highest BCUT2D eigenvalue weighted by atomic mass is 79.9. The first-order valence-corrected chi connectivity index (χ1v) is 6.01. The minimum Gasteiger partial charge on any atom is -0.481 e. The lowest BCUT2D eigenvalue weighted by molar-refractivity contribution is -0.385. The number of nitro groups is 1. The van der Waals surface area contributed by atoms with Gasteiger partial charge in [0, 0.05) is 12.6 Å². The fourth-order valence-electron chi connectivity index (χ4n) is 1.28. The fourth-order valence-corrected chi connectivity index (χ4v) is 1.76. The molecule has 0 aliphatic carbocycles. The summed E-state index contributed by atoms with van der Waals surface area (Å²) in [6.45, 7) is 1.99. The summed E-state index contributed by atoms with van der Waals surface area (Å²) in [7, 11) is 0. The van der Waals surface area contributed by atoms with Gasteiger partial charge in [-0.1, -0.05) is 6.92 Å². The summed E-state index contributed by atoms with van der Waals surface area (Å²) in [5.41, 5.74) is -0.127. The molecule has 1 atom stereocenters. The Bertz CT molecular complexity index is 466. The second-order valence-electron chi connectivity index (χ2n) is 3.61. The molecule has 0 aliphatic rings. The Hall–Kier alpha value is -1.70. The average Bonchev–Trinajstić information content (AvgIpc) is 2.30. The summed E-state index contributed by atoms with van der Waals surface area (Å²) >= 11 is 3.15. The Morgan fingerprint density at radius 1 is 1.72 bits per heavy atom. The molecule has 0 fully saturated rings. The number of anilines is 1. The maximum Gasteiger partial charge on any atom is 0.308 e. The molecule has 1 unspecified atom stereocenters. The number of hydrogen-bond acceptors (Lipinski definition) is 5. The van der Waals surface area contributed by atoms with E-state index < -0.39 is 16.8 Å². The molecule has 18 heavy (non-hydrogen) atoms. The molecular weight excluding hydrogens is 306 g/mol. The van der Waals surface area contributed by atoms with Crippen LogP contribution in [0.3, 0.4) is 0 Å². The number of hydrogen-bond donors (Lipinski definition) is 2. The largest absolute Gasteiger partial charge is 0.481 e. The number of carboxylic acids is 1. The Morgan fingerprint density at radius 3 is 2.83 bits per heavy atom. The number of pyridine rings is 1. The van der Waals surface area contributed by atoms with E-state index in [4.69, 9.17) is 5.11 Å². The topological polar surface area (TPSA) is 105 Å². The summed E-state index contributed by atoms with van der Waals surface area (Å²) < 4.78 is 0.428. The second kappa shape index (κ2) is 6.29. The molecule has 0 aromatic carbocycles. The van der Waals surface area contributed by atoms with E-state index in [1.54, 1.807) is 6.92 Å². The Labute approximate surface area is 112 Å². The molecule has 0 spiro atoms. The first-order chi connectivity index (χ1) is 8.45. The van der Waals surface area contributed by atoms with Gasteiger partial charge in [-0.3, -0.25) is 14.9 Å². The van der Waals surface area contributed by atoms with Gasteiger partial charge >= 0.3 is 5.97 Å². The molecule has 1 aromatic heterocycles. The van der Waals surface area contributed by atoms with Crippen molar-refractivity contribution in [3.63, 3.8) is 0 Å². The van der Waals surface area contributed by atoms with E-state index in [1.165, 1.54) is 6.07 Å². The van der Waals surface area contributed by atoms with Gasteiger partial charge in [0.15, 0.2) is 0 Å². The van der Waals surface area contributed by atoms with E-state index in [0.717, 1.165) is 6.20 Å². The van der Waals surface area contributed by atoms with Crippen LogP contribution in [0.15, 0.2) is 16.7 Å². The molecule has 1 rings (SSSR count). The molecule has 0 aliphatic heterocycles. The number of halogens is 1. The summed E-state index contributed by atoms with van der Waals surface area (Å²) in [4.78, 5) is 24.7. The third-order valence-corrected chi connectivity index (χ3v) is 3.00. The van der Waals surface area contributed by atoms with E-state index in [-0.39, 0.29) is 12.2 Å². The van der Waals surface area contributed by atoms with Crippen molar-refractivity contribution in [3.05, 3.63) is 26.9 Å².